The van der Waals surface area contributed by atoms with Crippen LogP contribution in [0.1, 0.15) is 37.8 Å². The minimum absolute atomic E-state index is 0.326. The van der Waals surface area contributed by atoms with E-state index in [0.717, 1.165) is 25.2 Å². The van der Waals surface area contributed by atoms with Crippen LogP contribution in [-0.4, -0.2) is 30.6 Å². The number of nitrogens with zero attached hydrogens (tertiary/aromatic N) is 2. The molecular weight excluding hydrogens is 265 g/mol. The van der Waals surface area contributed by atoms with E-state index in [1.165, 1.54) is 25.0 Å². The summed E-state index contributed by atoms with van der Waals surface area (Å²) in [5.41, 5.74) is 1.28. The van der Waals surface area contributed by atoms with Gasteiger partial charge in [0.15, 0.2) is 0 Å². The Morgan fingerprint density at radius 2 is 2.24 bits per heavy atom. The average molecular weight is 289 g/mol. The molecule has 1 unspecified atom stereocenters. The van der Waals surface area contributed by atoms with Gasteiger partial charge in [-0.2, -0.15) is 5.26 Å². The molecule has 1 aromatic rings. The fourth-order valence-electron chi connectivity index (χ4n) is 3.01. The Morgan fingerprint density at radius 1 is 1.43 bits per heavy atom. The van der Waals surface area contributed by atoms with Crippen LogP contribution in [0.4, 0.5) is 4.39 Å². The molecule has 1 heterocycles. The van der Waals surface area contributed by atoms with E-state index in [2.05, 4.69) is 24.1 Å². The predicted molar refractivity (Wildman–Crippen MR) is 82.3 cm³/mol. The van der Waals surface area contributed by atoms with Gasteiger partial charge in [0, 0.05) is 25.7 Å². The van der Waals surface area contributed by atoms with Crippen molar-refractivity contribution in [1.82, 2.24) is 10.2 Å². The van der Waals surface area contributed by atoms with E-state index in [4.69, 9.17) is 5.26 Å². The van der Waals surface area contributed by atoms with Gasteiger partial charge in [-0.3, -0.25) is 4.90 Å². The quantitative estimate of drug-likeness (QED) is 0.875. The molecule has 0 aliphatic carbocycles. The molecule has 1 atom stereocenters. The van der Waals surface area contributed by atoms with Gasteiger partial charge >= 0.3 is 0 Å². The van der Waals surface area contributed by atoms with Gasteiger partial charge in [0.1, 0.15) is 5.82 Å². The number of hydrogen-bond acceptors (Lipinski definition) is 3. The molecule has 1 aliphatic rings. The number of hydrogen-bond donors (Lipinski definition) is 1. The van der Waals surface area contributed by atoms with Crippen molar-refractivity contribution in [1.29, 1.82) is 5.26 Å². The number of nitrogens with one attached hydrogen (secondary N) is 1. The third-order valence-electron chi connectivity index (χ3n) is 3.76. The van der Waals surface area contributed by atoms with Crippen molar-refractivity contribution < 1.29 is 4.39 Å². The molecule has 2 rings (SSSR count). The Hall–Kier alpha value is -1.44. The maximum atomic E-state index is 13.6. The Labute approximate surface area is 126 Å². The van der Waals surface area contributed by atoms with Crippen LogP contribution in [0.3, 0.4) is 0 Å². The highest BCUT2D eigenvalue weighted by atomic mass is 19.1. The summed E-state index contributed by atoms with van der Waals surface area (Å²) in [5, 5.41) is 12.5. The van der Waals surface area contributed by atoms with Crippen LogP contribution < -0.4 is 5.32 Å². The average Bonchev–Trinajstić information content (AvgIpc) is 2.90. The maximum absolute atomic E-state index is 13.6. The van der Waals surface area contributed by atoms with Gasteiger partial charge in [-0.15, -0.1) is 0 Å². The fraction of sp³-hybridized carbons (Fsp3) is 0.588. The molecule has 0 spiro atoms. The van der Waals surface area contributed by atoms with E-state index >= 15 is 0 Å². The first-order chi connectivity index (χ1) is 10.1. The minimum atomic E-state index is -0.326. The molecule has 4 heteroatoms. The summed E-state index contributed by atoms with van der Waals surface area (Å²) in [6.45, 7) is 8.15. The number of rotatable bonds is 6. The SMILES string of the molecule is CC(C)CN(Cc1cc(F)cc(C#N)c1)CC1CCCN1. The second-order valence-corrected chi connectivity index (χ2v) is 6.34. The molecule has 1 aromatic carbocycles. The molecular formula is C17H24FN3. The van der Waals surface area contributed by atoms with Crippen LogP contribution in [0.2, 0.25) is 0 Å². The van der Waals surface area contributed by atoms with Crippen molar-refractivity contribution >= 4 is 0 Å². The number of nitriles is 1. The summed E-state index contributed by atoms with van der Waals surface area (Å²) in [6, 6.07) is 7.17. The van der Waals surface area contributed by atoms with Gasteiger partial charge in [-0.1, -0.05) is 13.8 Å². The van der Waals surface area contributed by atoms with Crippen LogP contribution >= 0.6 is 0 Å². The molecule has 0 bridgehead atoms. The first kappa shape index (κ1) is 15.9. The number of halogens is 1. The Kier molecular flexibility index (Phi) is 5.72. The molecule has 1 aliphatic heterocycles. The standard InChI is InChI=1S/C17H24FN3/c1-13(2)10-21(12-17-4-3-5-20-17)11-15-6-14(9-19)7-16(18)8-15/h6-8,13,17,20H,3-5,10-12H2,1-2H3. The van der Waals surface area contributed by atoms with Crippen molar-refractivity contribution in [2.24, 2.45) is 5.92 Å². The zero-order chi connectivity index (χ0) is 15.2. The lowest BCUT2D eigenvalue weighted by molar-refractivity contribution is 0.216. The maximum Gasteiger partial charge on any atom is 0.124 e. The predicted octanol–water partition coefficient (Wildman–Crippen LogP) is 2.91. The fourth-order valence-corrected chi connectivity index (χ4v) is 3.01. The summed E-state index contributed by atoms with van der Waals surface area (Å²) in [4.78, 5) is 2.36. The lowest BCUT2D eigenvalue weighted by atomic mass is 10.1. The van der Waals surface area contributed by atoms with Crippen molar-refractivity contribution in [3.05, 3.63) is 35.1 Å². The van der Waals surface area contributed by atoms with Gasteiger partial charge in [0.2, 0.25) is 0 Å². The van der Waals surface area contributed by atoms with Crippen LogP contribution in [0.15, 0.2) is 18.2 Å². The van der Waals surface area contributed by atoms with Gasteiger partial charge in [0.25, 0.3) is 0 Å². The van der Waals surface area contributed by atoms with Gasteiger partial charge in [-0.05, 0) is 49.1 Å². The smallest absolute Gasteiger partial charge is 0.124 e. The second-order valence-electron chi connectivity index (χ2n) is 6.34. The molecule has 0 amide bonds. The van der Waals surface area contributed by atoms with Crippen molar-refractivity contribution in [3.63, 3.8) is 0 Å². The minimum Gasteiger partial charge on any atom is -0.313 e. The summed E-state index contributed by atoms with van der Waals surface area (Å²) >= 11 is 0. The molecule has 0 saturated carbocycles. The molecule has 21 heavy (non-hydrogen) atoms. The van der Waals surface area contributed by atoms with Gasteiger partial charge in [-0.25, -0.2) is 4.39 Å². The summed E-state index contributed by atoms with van der Waals surface area (Å²) in [6.07, 6.45) is 2.44. The third-order valence-corrected chi connectivity index (χ3v) is 3.76. The van der Waals surface area contributed by atoms with Gasteiger partial charge in [0.05, 0.1) is 11.6 Å². The van der Waals surface area contributed by atoms with Crippen LogP contribution in [0.5, 0.6) is 0 Å². The third kappa shape index (κ3) is 5.11. The van der Waals surface area contributed by atoms with E-state index in [9.17, 15) is 4.39 Å². The largest absolute Gasteiger partial charge is 0.313 e. The summed E-state index contributed by atoms with van der Waals surface area (Å²) in [7, 11) is 0. The Morgan fingerprint density at radius 3 is 2.86 bits per heavy atom. The van der Waals surface area contributed by atoms with E-state index in [1.54, 1.807) is 6.07 Å². The molecule has 0 aromatic heterocycles. The molecule has 0 radical (unpaired) electrons. The second kappa shape index (κ2) is 7.53. The highest BCUT2D eigenvalue weighted by Crippen LogP contribution is 2.15. The Balaban J connectivity index is 2.06. The highest BCUT2D eigenvalue weighted by molar-refractivity contribution is 5.33. The van der Waals surface area contributed by atoms with Crippen LogP contribution in [0.25, 0.3) is 0 Å². The zero-order valence-corrected chi connectivity index (χ0v) is 12.9. The molecule has 1 saturated heterocycles. The molecule has 1 N–H and O–H groups in total. The van der Waals surface area contributed by atoms with Gasteiger partial charge < -0.3 is 5.32 Å². The molecule has 3 nitrogen and oxygen atoms in total. The zero-order valence-electron chi connectivity index (χ0n) is 12.9. The number of benzene rings is 1. The van der Waals surface area contributed by atoms with Crippen molar-refractivity contribution in [3.8, 4) is 6.07 Å². The molecule has 1 fully saturated rings. The lowest BCUT2D eigenvalue weighted by Crippen LogP contribution is -2.39. The Bertz CT molecular complexity index is 501. The van der Waals surface area contributed by atoms with Crippen molar-refractivity contribution in [2.45, 2.75) is 39.3 Å². The highest BCUT2D eigenvalue weighted by Gasteiger charge is 2.19. The summed E-state index contributed by atoms with van der Waals surface area (Å²) < 4.78 is 13.6. The first-order valence-corrected chi connectivity index (χ1v) is 7.72. The van der Waals surface area contributed by atoms with Crippen LogP contribution in [-0.2, 0) is 6.54 Å². The van der Waals surface area contributed by atoms with E-state index in [1.807, 2.05) is 6.07 Å². The van der Waals surface area contributed by atoms with E-state index in [-0.39, 0.29) is 5.82 Å². The van der Waals surface area contributed by atoms with Crippen LogP contribution in [0, 0.1) is 23.1 Å². The van der Waals surface area contributed by atoms with E-state index in [0.29, 0.717) is 24.1 Å². The normalized spacial score (nSPS) is 18.4. The monoisotopic (exact) mass is 289 g/mol. The topological polar surface area (TPSA) is 39.1 Å². The summed E-state index contributed by atoms with van der Waals surface area (Å²) in [5.74, 6) is 0.239. The van der Waals surface area contributed by atoms with E-state index < -0.39 is 0 Å². The van der Waals surface area contributed by atoms with Crippen molar-refractivity contribution in [2.75, 3.05) is 19.6 Å². The first-order valence-electron chi connectivity index (χ1n) is 7.72. The lowest BCUT2D eigenvalue weighted by Gasteiger charge is -2.27. The molecule has 114 valence electrons.